The molecule has 0 aliphatic carbocycles. The minimum absolute atomic E-state index is 0.152. The Hall–Kier alpha value is -0.740. The molecule has 0 aliphatic rings. The van der Waals surface area contributed by atoms with Gasteiger partial charge < -0.3 is 4.74 Å². The van der Waals surface area contributed by atoms with Crippen molar-refractivity contribution in [1.82, 2.24) is 4.98 Å². The van der Waals surface area contributed by atoms with Gasteiger partial charge in [-0.25, -0.2) is 4.98 Å². The molecular weight excluding hydrogens is 234 g/mol. The number of rotatable bonds is 7. The number of hydrogen-bond donors (Lipinski definition) is 0. The third-order valence-corrected chi connectivity index (χ3v) is 4.02. The highest BCUT2D eigenvalue weighted by atomic mass is 32.1. The quantitative estimate of drug-likeness (QED) is 0.751. The molecule has 0 aromatic carbocycles. The molecule has 4 heteroatoms. The van der Waals surface area contributed by atoms with Crippen LogP contribution < -0.4 is 0 Å². The molecule has 0 atom stereocenters. The van der Waals surface area contributed by atoms with Crippen LogP contribution in [0.5, 0.6) is 0 Å². The highest BCUT2D eigenvalue weighted by molar-refractivity contribution is 7.09. The van der Waals surface area contributed by atoms with Crippen LogP contribution in [0.25, 0.3) is 0 Å². The van der Waals surface area contributed by atoms with E-state index in [1.165, 1.54) is 0 Å². The molecule has 0 N–H and O–H groups in total. The van der Waals surface area contributed by atoms with Gasteiger partial charge in [0.2, 0.25) is 0 Å². The molecule has 17 heavy (non-hydrogen) atoms. The van der Waals surface area contributed by atoms with E-state index in [-0.39, 0.29) is 5.78 Å². The molecule has 0 saturated carbocycles. The first kappa shape index (κ1) is 14.3. The standard InChI is InChI=1S/C13H21NO2S/c1-5-13(6-2,16-7-3)11(15)8-12-14-10(4)9-17-12/h9H,5-8H2,1-4H3. The van der Waals surface area contributed by atoms with E-state index in [9.17, 15) is 4.79 Å². The minimum Gasteiger partial charge on any atom is -0.368 e. The molecule has 0 radical (unpaired) electrons. The van der Waals surface area contributed by atoms with E-state index in [0.29, 0.717) is 13.0 Å². The van der Waals surface area contributed by atoms with Crippen molar-refractivity contribution in [3.63, 3.8) is 0 Å². The van der Waals surface area contributed by atoms with Crippen molar-refractivity contribution in [3.8, 4) is 0 Å². The van der Waals surface area contributed by atoms with Gasteiger partial charge in [0.15, 0.2) is 5.78 Å². The number of Topliss-reactive ketones (excluding diaryl/α,β-unsaturated/α-hetero) is 1. The molecule has 0 bridgehead atoms. The van der Waals surface area contributed by atoms with E-state index in [4.69, 9.17) is 4.74 Å². The number of carbonyl (C=O) groups is 1. The maximum Gasteiger partial charge on any atom is 0.171 e. The number of carbonyl (C=O) groups excluding carboxylic acids is 1. The molecular formula is C13H21NO2S. The predicted octanol–water partition coefficient (Wildman–Crippen LogP) is 3.16. The van der Waals surface area contributed by atoms with Gasteiger partial charge in [0.25, 0.3) is 0 Å². The first-order valence-electron chi connectivity index (χ1n) is 6.16. The summed E-state index contributed by atoms with van der Waals surface area (Å²) < 4.78 is 5.70. The maximum absolute atomic E-state index is 12.3. The summed E-state index contributed by atoms with van der Waals surface area (Å²) in [6, 6.07) is 0. The fourth-order valence-electron chi connectivity index (χ4n) is 1.99. The molecule has 0 saturated heterocycles. The largest absolute Gasteiger partial charge is 0.368 e. The van der Waals surface area contributed by atoms with Crippen LogP contribution in [-0.4, -0.2) is 23.0 Å². The molecule has 0 unspecified atom stereocenters. The van der Waals surface area contributed by atoms with Crippen LogP contribution in [0.1, 0.15) is 44.3 Å². The summed E-state index contributed by atoms with van der Waals surface area (Å²) >= 11 is 1.55. The summed E-state index contributed by atoms with van der Waals surface area (Å²) in [5.74, 6) is 0.152. The number of hydrogen-bond acceptors (Lipinski definition) is 4. The zero-order valence-corrected chi connectivity index (χ0v) is 11.9. The molecule has 96 valence electrons. The second-order valence-electron chi connectivity index (χ2n) is 4.12. The SMILES string of the molecule is CCOC(CC)(CC)C(=O)Cc1nc(C)cs1. The van der Waals surface area contributed by atoms with E-state index in [1.807, 2.05) is 33.1 Å². The van der Waals surface area contributed by atoms with E-state index in [0.717, 1.165) is 23.5 Å². The number of thiazole rings is 1. The van der Waals surface area contributed by atoms with Crippen molar-refractivity contribution in [2.24, 2.45) is 0 Å². The Morgan fingerprint density at radius 2 is 2.06 bits per heavy atom. The molecule has 3 nitrogen and oxygen atoms in total. The molecule has 0 amide bonds. The number of aromatic nitrogens is 1. The molecule has 0 aliphatic heterocycles. The topological polar surface area (TPSA) is 39.2 Å². The van der Waals surface area contributed by atoms with Crippen LogP contribution in [0.3, 0.4) is 0 Å². The monoisotopic (exact) mass is 255 g/mol. The lowest BCUT2D eigenvalue weighted by Gasteiger charge is -2.29. The highest BCUT2D eigenvalue weighted by Crippen LogP contribution is 2.24. The first-order valence-corrected chi connectivity index (χ1v) is 7.04. The fraction of sp³-hybridized carbons (Fsp3) is 0.692. The summed E-state index contributed by atoms with van der Waals surface area (Å²) in [5, 5.41) is 2.86. The van der Waals surface area contributed by atoms with Crippen LogP contribution in [-0.2, 0) is 16.0 Å². The maximum atomic E-state index is 12.3. The van der Waals surface area contributed by atoms with Gasteiger partial charge >= 0.3 is 0 Å². The molecule has 0 fully saturated rings. The van der Waals surface area contributed by atoms with Crippen LogP contribution in [0.15, 0.2) is 5.38 Å². The Morgan fingerprint density at radius 3 is 2.47 bits per heavy atom. The smallest absolute Gasteiger partial charge is 0.171 e. The van der Waals surface area contributed by atoms with Gasteiger partial charge in [-0.05, 0) is 26.7 Å². The van der Waals surface area contributed by atoms with Crippen LogP contribution >= 0.6 is 11.3 Å². The third kappa shape index (κ3) is 3.36. The number of aryl methyl sites for hydroxylation is 1. The van der Waals surface area contributed by atoms with E-state index < -0.39 is 5.60 Å². The highest BCUT2D eigenvalue weighted by Gasteiger charge is 2.35. The van der Waals surface area contributed by atoms with Gasteiger partial charge in [-0.1, -0.05) is 13.8 Å². The van der Waals surface area contributed by atoms with Gasteiger partial charge in [-0.15, -0.1) is 11.3 Å². The molecule has 1 heterocycles. The number of nitrogens with zero attached hydrogens (tertiary/aromatic N) is 1. The molecule has 0 spiro atoms. The summed E-state index contributed by atoms with van der Waals surface area (Å²) in [6.45, 7) is 8.46. The van der Waals surface area contributed by atoms with E-state index in [2.05, 4.69) is 4.98 Å². The van der Waals surface area contributed by atoms with Gasteiger partial charge in [-0.3, -0.25) is 4.79 Å². The second-order valence-corrected chi connectivity index (χ2v) is 5.06. The molecule has 1 aromatic heterocycles. The van der Waals surface area contributed by atoms with E-state index >= 15 is 0 Å². The lowest BCUT2D eigenvalue weighted by atomic mass is 9.90. The number of ketones is 1. The van der Waals surface area contributed by atoms with Crippen LogP contribution in [0.4, 0.5) is 0 Å². The van der Waals surface area contributed by atoms with Gasteiger partial charge in [0.1, 0.15) is 10.6 Å². The normalized spacial score (nSPS) is 11.8. The van der Waals surface area contributed by atoms with Crippen LogP contribution in [0, 0.1) is 6.92 Å². The lowest BCUT2D eigenvalue weighted by molar-refractivity contribution is -0.144. The Kier molecular flexibility index (Phi) is 5.28. The Balaban J connectivity index is 2.78. The van der Waals surface area contributed by atoms with E-state index in [1.54, 1.807) is 11.3 Å². The lowest BCUT2D eigenvalue weighted by Crippen LogP contribution is -2.41. The van der Waals surface area contributed by atoms with Crippen molar-refractivity contribution in [2.75, 3.05) is 6.61 Å². The van der Waals surface area contributed by atoms with Gasteiger partial charge in [0.05, 0.1) is 6.42 Å². The zero-order chi connectivity index (χ0) is 12.9. The average Bonchev–Trinajstić information content (AvgIpc) is 2.71. The first-order chi connectivity index (χ1) is 8.07. The van der Waals surface area contributed by atoms with Crippen molar-refractivity contribution in [3.05, 3.63) is 16.1 Å². The summed E-state index contributed by atoms with van der Waals surface area (Å²) in [5.41, 5.74) is 0.363. The summed E-state index contributed by atoms with van der Waals surface area (Å²) in [7, 11) is 0. The third-order valence-electron chi connectivity index (χ3n) is 3.05. The van der Waals surface area contributed by atoms with Gasteiger partial charge in [0, 0.05) is 17.7 Å². The molecule has 1 aromatic rings. The zero-order valence-electron chi connectivity index (χ0n) is 11.1. The second kappa shape index (κ2) is 6.26. The Labute approximate surface area is 107 Å². The van der Waals surface area contributed by atoms with Crippen molar-refractivity contribution >= 4 is 17.1 Å². The van der Waals surface area contributed by atoms with Crippen molar-refractivity contribution in [2.45, 2.75) is 52.6 Å². The molecule has 1 rings (SSSR count). The van der Waals surface area contributed by atoms with Crippen LogP contribution in [0.2, 0.25) is 0 Å². The minimum atomic E-state index is -0.617. The number of ether oxygens (including phenoxy) is 1. The average molecular weight is 255 g/mol. The Morgan fingerprint density at radius 1 is 1.41 bits per heavy atom. The van der Waals surface area contributed by atoms with Crippen molar-refractivity contribution < 1.29 is 9.53 Å². The van der Waals surface area contributed by atoms with Crippen molar-refractivity contribution in [1.29, 1.82) is 0 Å². The summed E-state index contributed by atoms with van der Waals surface area (Å²) in [4.78, 5) is 16.7. The van der Waals surface area contributed by atoms with Gasteiger partial charge in [-0.2, -0.15) is 0 Å². The predicted molar refractivity (Wildman–Crippen MR) is 70.5 cm³/mol. The summed E-state index contributed by atoms with van der Waals surface area (Å²) in [6.07, 6.45) is 1.83. The fourth-order valence-corrected chi connectivity index (χ4v) is 2.76. The Bertz CT molecular complexity index is 369.